The molecule has 2 fully saturated rings. The Hall–Kier alpha value is -2.89. The molecule has 0 bridgehead atoms. The number of hydrogen-bond donors (Lipinski definition) is 1. The Kier molecular flexibility index (Phi) is 9.03. The number of halogens is 6. The predicted octanol–water partition coefficient (Wildman–Crippen LogP) is 7.16. The van der Waals surface area contributed by atoms with Crippen LogP contribution in [0.5, 0.6) is 11.5 Å². The zero-order chi connectivity index (χ0) is 28.2. The van der Waals surface area contributed by atoms with E-state index in [1.807, 2.05) is 0 Å². The zero-order valence-electron chi connectivity index (χ0n) is 21.1. The van der Waals surface area contributed by atoms with Crippen LogP contribution in [0.25, 0.3) is 0 Å². The normalized spacial score (nSPS) is 19.8. The molecule has 39 heavy (non-hydrogen) atoms. The SMILES string of the molecule is COc1cc(CCC2SC(=NC3CCCCC3)NC2=O)ccc1OCc1ccc(C(F)(F)F)cc1C(F)(F)F. The average molecular weight is 575 g/mol. The molecule has 12 heteroatoms. The van der Waals surface area contributed by atoms with Crippen molar-refractivity contribution in [3.05, 3.63) is 58.7 Å². The van der Waals surface area contributed by atoms with Crippen molar-refractivity contribution in [2.75, 3.05) is 7.11 Å². The third-order valence-electron chi connectivity index (χ3n) is 6.70. The summed E-state index contributed by atoms with van der Waals surface area (Å²) in [5.74, 6) is 0.318. The molecule has 1 unspecified atom stereocenters. The van der Waals surface area contributed by atoms with Crippen LogP contribution in [-0.2, 0) is 30.2 Å². The van der Waals surface area contributed by atoms with Gasteiger partial charge in [0.2, 0.25) is 5.91 Å². The van der Waals surface area contributed by atoms with E-state index in [-0.39, 0.29) is 34.8 Å². The number of ether oxygens (including phenoxy) is 2. The van der Waals surface area contributed by atoms with Gasteiger partial charge < -0.3 is 14.8 Å². The smallest absolute Gasteiger partial charge is 0.416 e. The predicted molar refractivity (Wildman–Crippen MR) is 136 cm³/mol. The van der Waals surface area contributed by atoms with E-state index in [1.165, 1.54) is 31.4 Å². The molecule has 0 spiro atoms. The molecule has 1 saturated carbocycles. The van der Waals surface area contributed by atoms with E-state index in [1.54, 1.807) is 12.1 Å². The summed E-state index contributed by atoms with van der Waals surface area (Å²) in [7, 11) is 1.37. The number of benzene rings is 2. The third kappa shape index (κ3) is 7.61. The molecule has 1 amide bonds. The molecular formula is C27H28F6N2O3S. The first-order valence-corrected chi connectivity index (χ1v) is 13.4. The van der Waals surface area contributed by atoms with E-state index in [0.29, 0.717) is 24.1 Å². The number of aryl methyl sites for hydroxylation is 1. The number of carbonyl (C=O) groups excluding carboxylic acids is 1. The van der Waals surface area contributed by atoms with E-state index >= 15 is 0 Å². The number of carbonyl (C=O) groups is 1. The number of thioether (sulfide) groups is 1. The molecule has 1 heterocycles. The summed E-state index contributed by atoms with van der Waals surface area (Å²) in [5, 5.41) is 3.25. The molecule has 212 valence electrons. The highest BCUT2D eigenvalue weighted by molar-refractivity contribution is 8.15. The Morgan fingerprint density at radius 3 is 2.38 bits per heavy atom. The minimum atomic E-state index is -4.99. The second-order valence-electron chi connectivity index (χ2n) is 9.50. The molecule has 1 aliphatic carbocycles. The number of nitrogens with zero attached hydrogens (tertiary/aromatic N) is 1. The van der Waals surface area contributed by atoms with Gasteiger partial charge in [0.1, 0.15) is 6.61 Å². The standard InChI is InChI=1S/C27H28F6N2O3S/c1-37-22-13-16(8-12-23-24(36)35-25(39-23)34-19-5-3-2-4-6-19)7-11-21(22)38-15-17-9-10-18(26(28,29)30)14-20(17)27(31,32)33/h7,9-11,13-14,19,23H,2-6,8,12,15H2,1H3,(H,34,35,36). The highest BCUT2D eigenvalue weighted by Crippen LogP contribution is 2.38. The molecule has 2 aromatic carbocycles. The molecule has 2 aliphatic rings. The van der Waals surface area contributed by atoms with Gasteiger partial charge in [-0.3, -0.25) is 9.79 Å². The van der Waals surface area contributed by atoms with Crippen LogP contribution in [0, 0.1) is 0 Å². The summed E-state index contributed by atoms with van der Waals surface area (Å²) in [6.07, 6.45) is -3.21. The summed E-state index contributed by atoms with van der Waals surface area (Å²) in [6, 6.07) is 6.61. The molecule has 5 nitrogen and oxygen atoms in total. The molecule has 0 aromatic heterocycles. The molecular weight excluding hydrogens is 546 g/mol. The summed E-state index contributed by atoms with van der Waals surface area (Å²) >= 11 is 1.43. The summed E-state index contributed by atoms with van der Waals surface area (Å²) in [5.41, 5.74) is -2.40. The fourth-order valence-corrected chi connectivity index (χ4v) is 5.66. The Labute approximate surface area is 226 Å². The van der Waals surface area contributed by atoms with Crippen molar-refractivity contribution < 1.29 is 40.6 Å². The van der Waals surface area contributed by atoms with Crippen molar-refractivity contribution in [1.82, 2.24) is 5.32 Å². The minimum Gasteiger partial charge on any atom is -0.493 e. The van der Waals surface area contributed by atoms with E-state index in [0.717, 1.165) is 37.3 Å². The maximum Gasteiger partial charge on any atom is 0.416 e. The first-order chi connectivity index (χ1) is 18.4. The number of alkyl halides is 6. The monoisotopic (exact) mass is 574 g/mol. The highest BCUT2D eigenvalue weighted by atomic mass is 32.2. The lowest BCUT2D eigenvalue weighted by atomic mass is 9.96. The van der Waals surface area contributed by atoms with Crippen LogP contribution in [0.2, 0.25) is 0 Å². The fourth-order valence-electron chi connectivity index (χ4n) is 4.61. The van der Waals surface area contributed by atoms with Crippen LogP contribution >= 0.6 is 11.8 Å². The first kappa shape index (κ1) is 29.1. The maximum absolute atomic E-state index is 13.4. The number of hydrogen-bond acceptors (Lipinski definition) is 5. The van der Waals surface area contributed by atoms with E-state index in [9.17, 15) is 31.1 Å². The van der Waals surface area contributed by atoms with Gasteiger partial charge in [-0.1, -0.05) is 43.2 Å². The van der Waals surface area contributed by atoms with Gasteiger partial charge in [0, 0.05) is 5.56 Å². The third-order valence-corrected chi connectivity index (χ3v) is 7.87. The zero-order valence-corrected chi connectivity index (χ0v) is 21.9. The van der Waals surface area contributed by atoms with Gasteiger partial charge in [0.15, 0.2) is 16.7 Å². The Balaban J connectivity index is 1.39. The second-order valence-corrected chi connectivity index (χ2v) is 10.7. The Morgan fingerprint density at radius 2 is 1.72 bits per heavy atom. The number of methoxy groups -OCH3 is 1. The summed E-state index contributed by atoms with van der Waals surface area (Å²) in [6.45, 7) is -0.606. The molecule has 1 saturated heterocycles. The summed E-state index contributed by atoms with van der Waals surface area (Å²) < 4.78 is 89.9. The van der Waals surface area contributed by atoms with Gasteiger partial charge in [-0.05, 0) is 55.5 Å². The van der Waals surface area contributed by atoms with Crippen molar-refractivity contribution in [3.63, 3.8) is 0 Å². The molecule has 4 rings (SSSR count). The average Bonchev–Trinajstić information content (AvgIpc) is 3.24. The van der Waals surface area contributed by atoms with Gasteiger partial charge in [-0.2, -0.15) is 26.3 Å². The lowest BCUT2D eigenvalue weighted by Gasteiger charge is -2.17. The molecule has 2 aromatic rings. The number of amidine groups is 1. The van der Waals surface area contributed by atoms with Gasteiger partial charge in [0.05, 0.1) is 29.5 Å². The highest BCUT2D eigenvalue weighted by Gasteiger charge is 2.38. The molecule has 0 radical (unpaired) electrons. The molecule has 1 N–H and O–H groups in total. The molecule has 1 aliphatic heterocycles. The number of aliphatic imine (C=N–C) groups is 1. The van der Waals surface area contributed by atoms with E-state index < -0.39 is 35.6 Å². The van der Waals surface area contributed by atoms with Crippen LogP contribution in [0.3, 0.4) is 0 Å². The van der Waals surface area contributed by atoms with Gasteiger partial charge in [0.25, 0.3) is 0 Å². The van der Waals surface area contributed by atoms with Gasteiger partial charge in [-0.25, -0.2) is 0 Å². The molecule has 1 atom stereocenters. The van der Waals surface area contributed by atoms with Crippen molar-refractivity contribution in [1.29, 1.82) is 0 Å². The van der Waals surface area contributed by atoms with Gasteiger partial charge in [-0.15, -0.1) is 0 Å². The minimum absolute atomic E-state index is 0.0847. The van der Waals surface area contributed by atoms with Crippen molar-refractivity contribution in [3.8, 4) is 11.5 Å². The van der Waals surface area contributed by atoms with Crippen molar-refractivity contribution in [2.45, 2.75) is 75.2 Å². The Morgan fingerprint density at radius 1 is 0.974 bits per heavy atom. The van der Waals surface area contributed by atoms with Gasteiger partial charge >= 0.3 is 12.4 Å². The number of nitrogens with one attached hydrogen (secondary N) is 1. The largest absolute Gasteiger partial charge is 0.493 e. The lowest BCUT2D eigenvalue weighted by Crippen LogP contribution is -2.26. The number of rotatable bonds is 8. The summed E-state index contributed by atoms with van der Waals surface area (Å²) in [4.78, 5) is 17.1. The van der Waals surface area contributed by atoms with Crippen LogP contribution in [0.15, 0.2) is 41.4 Å². The van der Waals surface area contributed by atoms with Crippen molar-refractivity contribution >= 4 is 22.8 Å². The lowest BCUT2D eigenvalue weighted by molar-refractivity contribution is -0.143. The van der Waals surface area contributed by atoms with E-state index in [4.69, 9.17) is 14.5 Å². The number of amides is 1. The van der Waals surface area contributed by atoms with Crippen molar-refractivity contribution in [2.24, 2.45) is 4.99 Å². The van der Waals surface area contributed by atoms with E-state index in [2.05, 4.69) is 5.32 Å². The fraction of sp³-hybridized carbons (Fsp3) is 0.481. The van der Waals surface area contributed by atoms with Crippen LogP contribution in [-0.4, -0.2) is 29.5 Å². The van der Waals surface area contributed by atoms with Crippen LogP contribution in [0.1, 0.15) is 60.8 Å². The quantitative estimate of drug-likeness (QED) is 0.340. The van der Waals surface area contributed by atoms with Crippen LogP contribution in [0.4, 0.5) is 26.3 Å². The maximum atomic E-state index is 13.4. The topological polar surface area (TPSA) is 59.9 Å². The first-order valence-electron chi connectivity index (χ1n) is 12.6. The second kappa shape index (κ2) is 12.1. The van der Waals surface area contributed by atoms with Crippen LogP contribution < -0.4 is 14.8 Å². The Bertz CT molecular complexity index is 1210.